The summed E-state index contributed by atoms with van der Waals surface area (Å²) in [7, 11) is -0.136. The average Bonchev–Trinajstić information content (AvgIpc) is 2.19. The summed E-state index contributed by atoms with van der Waals surface area (Å²) in [6, 6.07) is 7.85. The second kappa shape index (κ2) is 5.23. The van der Waals surface area contributed by atoms with E-state index in [0.717, 1.165) is 11.3 Å². The predicted molar refractivity (Wildman–Crippen MR) is 73.6 cm³/mol. The van der Waals surface area contributed by atoms with Gasteiger partial charge in [0.05, 0.1) is 0 Å². The molecular weight excluding hydrogens is 228 g/mol. The minimum Gasteiger partial charge on any atom is -0.544 e. The van der Waals surface area contributed by atoms with Crippen LogP contribution in [0.25, 0.3) is 0 Å². The lowest BCUT2D eigenvalue weighted by Gasteiger charge is -2.36. The molecule has 2 radical (unpaired) electrons. The Labute approximate surface area is 106 Å². The van der Waals surface area contributed by atoms with Gasteiger partial charge in [0.2, 0.25) is 8.32 Å². The Kier molecular flexibility index (Phi) is 4.39. The first kappa shape index (κ1) is 14.3. The van der Waals surface area contributed by atoms with Crippen molar-refractivity contribution in [3.8, 4) is 5.75 Å². The van der Waals surface area contributed by atoms with E-state index in [-0.39, 0.29) is 5.04 Å². The lowest BCUT2D eigenvalue weighted by molar-refractivity contribution is 0.292. The molecule has 0 unspecified atom stereocenters. The van der Waals surface area contributed by atoms with E-state index in [1.54, 1.807) is 7.11 Å². The Bertz CT molecular complexity index is 349. The first-order valence-corrected chi connectivity index (χ1v) is 8.75. The van der Waals surface area contributed by atoms with Gasteiger partial charge in [-0.3, -0.25) is 0 Å². The summed E-state index contributed by atoms with van der Waals surface area (Å²) in [5.74, 6) is 0.929. The second-order valence-corrected chi connectivity index (χ2v) is 10.4. The average molecular weight is 250 g/mol. The van der Waals surface area contributed by atoms with Crippen molar-refractivity contribution in [2.24, 2.45) is 0 Å². The van der Waals surface area contributed by atoms with Crippen LogP contribution in [0, 0.1) is 6.61 Å². The Balaban J connectivity index is 2.76. The van der Waals surface area contributed by atoms with Gasteiger partial charge in [-0.1, -0.05) is 32.9 Å². The summed E-state index contributed by atoms with van der Waals surface area (Å²) >= 11 is 0. The number of ether oxygens (including phenoxy) is 1. The topological polar surface area (TPSA) is 18.5 Å². The van der Waals surface area contributed by atoms with Gasteiger partial charge in [-0.15, -0.1) is 0 Å². The van der Waals surface area contributed by atoms with Crippen LogP contribution in [0.3, 0.4) is 0 Å². The van der Waals surface area contributed by atoms with E-state index in [0.29, 0.717) is 0 Å². The number of hydrogen-bond donors (Lipinski definition) is 0. The maximum atomic E-state index is 6.17. The predicted octanol–water partition coefficient (Wildman–Crippen LogP) is 4.10. The molecule has 94 valence electrons. The van der Waals surface area contributed by atoms with Crippen molar-refractivity contribution in [1.82, 2.24) is 0 Å². The number of methoxy groups -OCH3 is 1. The minimum atomic E-state index is -1.73. The zero-order chi connectivity index (χ0) is 13.1. The molecule has 17 heavy (non-hydrogen) atoms. The molecule has 0 aliphatic carbocycles. The van der Waals surface area contributed by atoms with Crippen molar-refractivity contribution in [2.75, 3.05) is 7.11 Å². The van der Waals surface area contributed by atoms with Crippen molar-refractivity contribution in [2.45, 2.75) is 38.9 Å². The van der Waals surface area contributed by atoms with E-state index < -0.39 is 8.32 Å². The van der Waals surface area contributed by atoms with Crippen LogP contribution in [-0.2, 0) is 4.74 Å². The van der Waals surface area contributed by atoms with Crippen LogP contribution in [-0.4, -0.2) is 15.4 Å². The summed E-state index contributed by atoms with van der Waals surface area (Å²) in [6.45, 7) is 14.0. The number of rotatable bonds is 4. The summed E-state index contributed by atoms with van der Waals surface area (Å²) in [4.78, 5) is 0. The van der Waals surface area contributed by atoms with Crippen LogP contribution < -0.4 is 4.43 Å². The highest BCUT2D eigenvalue weighted by atomic mass is 28.4. The molecule has 0 saturated carbocycles. The molecule has 0 spiro atoms. The molecule has 0 fully saturated rings. The van der Waals surface area contributed by atoms with Crippen LogP contribution in [0.1, 0.15) is 26.3 Å². The van der Waals surface area contributed by atoms with Gasteiger partial charge in [-0.25, -0.2) is 0 Å². The number of benzene rings is 1. The van der Waals surface area contributed by atoms with E-state index in [4.69, 9.17) is 9.16 Å². The third kappa shape index (κ3) is 3.86. The smallest absolute Gasteiger partial charge is 0.250 e. The molecule has 2 nitrogen and oxygen atoms in total. The molecule has 3 heteroatoms. The Morgan fingerprint density at radius 2 is 1.59 bits per heavy atom. The molecule has 0 saturated heterocycles. The van der Waals surface area contributed by atoms with Crippen molar-refractivity contribution < 1.29 is 9.16 Å². The van der Waals surface area contributed by atoms with Crippen LogP contribution in [0.15, 0.2) is 24.3 Å². The van der Waals surface area contributed by atoms with Crippen LogP contribution >= 0.6 is 0 Å². The summed E-state index contributed by atoms with van der Waals surface area (Å²) in [5, 5.41) is 0.219. The fourth-order valence-corrected chi connectivity index (χ4v) is 2.19. The van der Waals surface area contributed by atoms with E-state index in [9.17, 15) is 0 Å². The molecule has 0 amide bonds. The summed E-state index contributed by atoms with van der Waals surface area (Å²) < 4.78 is 11.0. The van der Waals surface area contributed by atoms with Gasteiger partial charge in [0.1, 0.15) is 5.75 Å². The molecular formula is C14H22O2Si. The quantitative estimate of drug-likeness (QED) is 0.749. The third-order valence-electron chi connectivity index (χ3n) is 3.25. The van der Waals surface area contributed by atoms with Crippen LogP contribution in [0.2, 0.25) is 18.1 Å². The highest BCUT2D eigenvalue weighted by molar-refractivity contribution is 6.74. The highest BCUT2D eigenvalue weighted by Crippen LogP contribution is 2.37. The van der Waals surface area contributed by atoms with Crippen LogP contribution in [0.5, 0.6) is 5.75 Å². The maximum Gasteiger partial charge on any atom is 0.250 e. The minimum absolute atomic E-state index is 0.219. The molecule has 0 N–H and O–H groups in total. The lowest BCUT2D eigenvalue weighted by atomic mass is 10.2. The molecule has 0 atom stereocenters. The monoisotopic (exact) mass is 250 g/mol. The van der Waals surface area contributed by atoms with Gasteiger partial charge < -0.3 is 9.16 Å². The van der Waals surface area contributed by atoms with E-state index >= 15 is 0 Å². The van der Waals surface area contributed by atoms with Gasteiger partial charge in [-0.2, -0.15) is 0 Å². The normalized spacial score (nSPS) is 12.6. The SMILES string of the molecule is CO[C]c1ccc(O[Si](C)(C)C(C)(C)C)cc1. The Morgan fingerprint density at radius 3 is 2.00 bits per heavy atom. The van der Waals surface area contributed by atoms with Gasteiger partial charge in [0.15, 0.2) is 6.61 Å². The van der Waals surface area contributed by atoms with Crippen LogP contribution in [0.4, 0.5) is 0 Å². The second-order valence-electron chi connectivity index (χ2n) is 5.69. The molecule has 1 aromatic rings. The molecule has 1 aromatic carbocycles. The highest BCUT2D eigenvalue weighted by Gasteiger charge is 2.38. The third-order valence-corrected chi connectivity index (χ3v) is 7.61. The zero-order valence-corrected chi connectivity index (χ0v) is 12.6. The van der Waals surface area contributed by atoms with Crippen molar-refractivity contribution in [1.29, 1.82) is 0 Å². The molecule has 0 heterocycles. The largest absolute Gasteiger partial charge is 0.544 e. The van der Waals surface area contributed by atoms with E-state index in [1.165, 1.54) is 0 Å². The summed E-state index contributed by atoms with van der Waals surface area (Å²) in [6.07, 6.45) is 0. The molecule has 0 aliphatic rings. The van der Waals surface area contributed by atoms with Crippen molar-refractivity contribution >= 4 is 8.32 Å². The van der Waals surface area contributed by atoms with Crippen molar-refractivity contribution in [3.05, 3.63) is 36.4 Å². The fourth-order valence-electron chi connectivity index (χ4n) is 1.16. The lowest BCUT2D eigenvalue weighted by Crippen LogP contribution is -2.43. The standard InChI is InChI=1S/C14H22O2Si/c1-14(2,3)17(5,6)16-13-9-7-12(8-10-13)11-15-4/h7-10H,1-6H3. The number of hydrogen-bond acceptors (Lipinski definition) is 2. The molecule has 0 aliphatic heterocycles. The van der Waals surface area contributed by atoms with Gasteiger partial charge in [0.25, 0.3) is 0 Å². The first-order chi connectivity index (χ1) is 7.76. The molecule has 0 aromatic heterocycles. The maximum absolute atomic E-state index is 6.17. The zero-order valence-electron chi connectivity index (χ0n) is 11.6. The Morgan fingerprint density at radius 1 is 1.06 bits per heavy atom. The van der Waals surface area contributed by atoms with Gasteiger partial charge in [0, 0.05) is 7.11 Å². The van der Waals surface area contributed by atoms with Crippen molar-refractivity contribution in [3.63, 3.8) is 0 Å². The fraction of sp³-hybridized carbons (Fsp3) is 0.500. The van der Waals surface area contributed by atoms with Gasteiger partial charge in [-0.05, 0) is 35.8 Å². The molecule has 1 rings (SSSR count). The Hall–Kier alpha value is -0.803. The molecule has 0 bridgehead atoms. The van der Waals surface area contributed by atoms with E-state index in [2.05, 4.69) is 40.5 Å². The first-order valence-electron chi connectivity index (χ1n) is 5.84. The summed E-state index contributed by atoms with van der Waals surface area (Å²) in [5.41, 5.74) is 0.926. The van der Waals surface area contributed by atoms with Gasteiger partial charge >= 0.3 is 0 Å². The van der Waals surface area contributed by atoms with E-state index in [1.807, 2.05) is 24.3 Å².